The highest BCUT2D eigenvalue weighted by Crippen LogP contribution is 2.25. The third-order valence-electron chi connectivity index (χ3n) is 4.64. The van der Waals surface area contributed by atoms with Crippen molar-refractivity contribution in [2.24, 2.45) is 0 Å². The van der Waals surface area contributed by atoms with Crippen LogP contribution in [0.2, 0.25) is 0 Å². The Morgan fingerprint density at radius 2 is 1.46 bits per heavy atom. The monoisotopic (exact) mass is 386 g/mol. The van der Waals surface area contributed by atoms with Crippen LogP contribution >= 0.6 is 0 Å². The Kier molecular flexibility index (Phi) is 6.44. The summed E-state index contributed by atoms with van der Waals surface area (Å²) in [5, 5.41) is 0. The largest absolute Gasteiger partial charge is 0.459 e. The van der Waals surface area contributed by atoms with Crippen molar-refractivity contribution in [1.29, 1.82) is 0 Å². The number of ether oxygens (including phenoxy) is 4. The van der Waals surface area contributed by atoms with Crippen molar-refractivity contribution >= 4 is 11.9 Å². The predicted octanol–water partition coefficient (Wildman–Crippen LogP) is 3.45. The van der Waals surface area contributed by atoms with Crippen molar-refractivity contribution in [3.8, 4) is 0 Å². The molecule has 2 aromatic rings. The Morgan fingerprint density at radius 1 is 0.929 bits per heavy atom. The van der Waals surface area contributed by atoms with Gasteiger partial charge >= 0.3 is 11.9 Å². The molecule has 0 saturated carbocycles. The van der Waals surface area contributed by atoms with Crippen LogP contribution in [0.15, 0.2) is 48.5 Å². The van der Waals surface area contributed by atoms with Gasteiger partial charge < -0.3 is 18.9 Å². The fourth-order valence-corrected chi connectivity index (χ4v) is 2.93. The fraction of sp³-hybridized carbons (Fsp3) is 0.364. The number of aryl methyl sites for hydroxylation is 2. The molecule has 1 unspecified atom stereocenters. The topological polar surface area (TPSA) is 71.1 Å². The van der Waals surface area contributed by atoms with Gasteiger partial charge in [0.25, 0.3) is 0 Å². The molecule has 6 nitrogen and oxygen atoms in total. The van der Waals surface area contributed by atoms with E-state index < -0.39 is 30.4 Å². The number of hydrogen-bond donors (Lipinski definition) is 0. The van der Waals surface area contributed by atoms with Gasteiger partial charge in [-0.2, -0.15) is 0 Å². The summed E-state index contributed by atoms with van der Waals surface area (Å²) in [6, 6.07) is 14.2. The molecular weight excluding hydrogens is 362 g/mol. The molecule has 1 heterocycles. The lowest BCUT2D eigenvalue weighted by molar-refractivity contribution is -0.128. The minimum absolute atomic E-state index is 0.0294. The molecule has 0 radical (unpaired) electrons. The predicted molar refractivity (Wildman–Crippen MR) is 102 cm³/mol. The molecular formula is C22H24O6. The highest BCUT2D eigenvalue weighted by molar-refractivity contribution is 5.90. The molecule has 2 aromatic carbocycles. The lowest BCUT2D eigenvalue weighted by Crippen LogP contribution is -2.32. The zero-order valence-corrected chi connectivity index (χ0v) is 16.2. The van der Waals surface area contributed by atoms with Gasteiger partial charge in [-0.15, -0.1) is 0 Å². The first-order valence-corrected chi connectivity index (χ1v) is 9.16. The van der Waals surface area contributed by atoms with E-state index in [1.54, 1.807) is 24.3 Å². The molecule has 1 aliphatic rings. The van der Waals surface area contributed by atoms with Gasteiger partial charge in [-0.25, -0.2) is 9.59 Å². The van der Waals surface area contributed by atoms with Gasteiger partial charge in [-0.05, 0) is 38.1 Å². The molecule has 1 saturated heterocycles. The smallest absolute Gasteiger partial charge is 0.338 e. The molecule has 3 atom stereocenters. The number of esters is 2. The summed E-state index contributed by atoms with van der Waals surface area (Å²) in [5.74, 6) is -0.895. The van der Waals surface area contributed by atoms with Gasteiger partial charge in [-0.1, -0.05) is 35.4 Å². The second-order valence-corrected chi connectivity index (χ2v) is 6.85. The van der Waals surface area contributed by atoms with E-state index in [0.717, 1.165) is 11.1 Å². The van der Waals surface area contributed by atoms with E-state index >= 15 is 0 Å². The summed E-state index contributed by atoms with van der Waals surface area (Å²) in [6.07, 6.45) is -1.29. The molecule has 6 heteroatoms. The maximum absolute atomic E-state index is 12.4. The lowest BCUT2D eigenvalue weighted by Gasteiger charge is -2.19. The summed E-state index contributed by atoms with van der Waals surface area (Å²) < 4.78 is 21.9. The minimum atomic E-state index is -0.589. The van der Waals surface area contributed by atoms with Crippen molar-refractivity contribution in [2.75, 3.05) is 13.7 Å². The molecule has 148 valence electrons. The van der Waals surface area contributed by atoms with Gasteiger partial charge in [0.05, 0.1) is 11.1 Å². The second-order valence-electron chi connectivity index (χ2n) is 6.85. The average Bonchev–Trinajstić information content (AvgIpc) is 3.09. The van der Waals surface area contributed by atoms with E-state index in [-0.39, 0.29) is 6.61 Å². The van der Waals surface area contributed by atoms with Crippen LogP contribution < -0.4 is 0 Å². The average molecular weight is 386 g/mol. The first-order valence-electron chi connectivity index (χ1n) is 9.16. The maximum atomic E-state index is 12.4. The summed E-state index contributed by atoms with van der Waals surface area (Å²) >= 11 is 0. The number of carbonyl (C=O) groups is 2. The number of rotatable bonds is 6. The molecule has 0 spiro atoms. The summed E-state index contributed by atoms with van der Waals surface area (Å²) in [4.78, 5) is 24.6. The summed E-state index contributed by atoms with van der Waals surface area (Å²) in [7, 11) is 1.52. The summed E-state index contributed by atoms with van der Waals surface area (Å²) in [6.45, 7) is 3.86. The van der Waals surface area contributed by atoms with Crippen LogP contribution in [0.1, 0.15) is 38.3 Å². The molecule has 1 aliphatic heterocycles. The highest BCUT2D eigenvalue weighted by atomic mass is 16.8. The van der Waals surface area contributed by atoms with Gasteiger partial charge in [0.1, 0.15) is 18.8 Å². The van der Waals surface area contributed by atoms with E-state index in [0.29, 0.717) is 17.5 Å². The van der Waals surface area contributed by atoms with Crippen LogP contribution in [-0.4, -0.2) is 44.2 Å². The fourth-order valence-electron chi connectivity index (χ4n) is 2.93. The third-order valence-corrected chi connectivity index (χ3v) is 4.64. The van der Waals surface area contributed by atoms with Crippen LogP contribution in [0.5, 0.6) is 0 Å². The first-order chi connectivity index (χ1) is 13.5. The van der Waals surface area contributed by atoms with Crippen LogP contribution in [-0.2, 0) is 18.9 Å². The molecule has 0 aromatic heterocycles. The van der Waals surface area contributed by atoms with E-state index in [1.165, 1.54) is 7.11 Å². The Bertz CT molecular complexity index is 812. The maximum Gasteiger partial charge on any atom is 0.338 e. The molecule has 1 fully saturated rings. The number of carbonyl (C=O) groups excluding carboxylic acids is 2. The van der Waals surface area contributed by atoms with Crippen LogP contribution in [0.4, 0.5) is 0 Å². The Hall–Kier alpha value is -2.70. The zero-order chi connectivity index (χ0) is 20.1. The van der Waals surface area contributed by atoms with Crippen molar-refractivity contribution in [1.82, 2.24) is 0 Å². The highest BCUT2D eigenvalue weighted by Gasteiger charge is 2.39. The van der Waals surface area contributed by atoms with Crippen molar-refractivity contribution in [2.45, 2.75) is 38.8 Å². The third kappa shape index (κ3) is 4.97. The molecule has 3 rings (SSSR count). The van der Waals surface area contributed by atoms with Gasteiger partial charge in [0.2, 0.25) is 0 Å². The number of hydrogen-bond acceptors (Lipinski definition) is 6. The van der Waals surface area contributed by atoms with E-state index in [4.69, 9.17) is 18.9 Å². The number of benzene rings is 2. The van der Waals surface area contributed by atoms with E-state index in [1.807, 2.05) is 38.1 Å². The lowest BCUT2D eigenvalue weighted by atomic mass is 10.1. The van der Waals surface area contributed by atoms with Crippen LogP contribution in [0.3, 0.4) is 0 Å². The summed E-state index contributed by atoms with van der Waals surface area (Å²) in [5.41, 5.74) is 3.03. The standard InChI is InChI=1S/C22H24O6/c1-14-4-8-16(9-5-14)21(23)26-13-19-18(12-20(25-3)27-19)28-22(24)17-10-6-15(2)7-11-17/h4-11,18-20H,12-13H2,1-3H3/t18-,19+,20?/m0/s1/i18+1,19+1. The first kappa shape index (κ1) is 20.0. The number of methoxy groups -OCH3 is 1. The molecule has 0 amide bonds. The van der Waals surface area contributed by atoms with Gasteiger partial charge in [0.15, 0.2) is 6.29 Å². The van der Waals surface area contributed by atoms with Crippen LogP contribution in [0, 0.1) is 13.8 Å². The van der Waals surface area contributed by atoms with Gasteiger partial charge in [-0.3, -0.25) is 0 Å². The second kappa shape index (κ2) is 8.99. The SMILES string of the molecule is COC1C[13C@H](OC(=O)c2ccc(C)cc2)[13C@@H](COC(=O)c2ccc(C)cc2)O1. The Balaban J connectivity index is 1.61. The van der Waals surface area contributed by atoms with E-state index in [9.17, 15) is 9.59 Å². The van der Waals surface area contributed by atoms with Gasteiger partial charge in [0, 0.05) is 13.5 Å². The zero-order valence-electron chi connectivity index (χ0n) is 16.2. The van der Waals surface area contributed by atoms with Crippen molar-refractivity contribution < 1.29 is 28.5 Å². The normalized spacial score (nSPS) is 21.3. The molecule has 0 aliphatic carbocycles. The molecule has 0 bridgehead atoms. The minimum Gasteiger partial charge on any atom is -0.459 e. The van der Waals surface area contributed by atoms with Crippen molar-refractivity contribution in [3.63, 3.8) is 0 Å². The Morgan fingerprint density at radius 3 is 2.00 bits per heavy atom. The quantitative estimate of drug-likeness (QED) is 0.559. The molecule has 0 N–H and O–H groups in total. The molecule has 28 heavy (non-hydrogen) atoms. The van der Waals surface area contributed by atoms with E-state index in [2.05, 4.69) is 0 Å². The van der Waals surface area contributed by atoms with Crippen LogP contribution in [0.25, 0.3) is 0 Å². The Labute approximate surface area is 164 Å². The van der Waals surface area contributed by atoms with Crippen molar-refractivity contribution in [3.05, 3.63) is 70.8 Å².